The predicted octanol–water partition coefficient (Wildman–Crippen LogP) is 1.84. The number of allylic oxidation sites excluding steroid dienone is 1. The molecule has 0 fully saturated rings. The molecule has 0 aromatic carbocycles. The zero-order chi connectivity index (χ0) is 17.0. The van der Waals surface area contributed by atoms with Crippen LogP contribution in [0.15, 0.2) is 11.4 Å². The van der Waals surface area contributed by atoms with E-state index in [9.17, 15) is 19.1 Å². The second-order valence-corrected chi connectivity index (χ2v) is 8.50. The van der Waals surface area contributed by atoms with Crippen molar-refractivity contribution in [1.82, 2.24) is 10.6 Å². The van der Waals surface area contributed by atoms with E-state index in [4.69, 9.17) is 0 Å². The molecular weight excluding hydrogens is 291 g/mol. The van der Waals surface area contributed by atoms with Gasteiger partial charge in [-0.05, 0) is 18.3 Å². The van der Waals surface area contributed by atoms with Gasteiger partial charge in [0.2, 0.25) is 5.91 Å². The minimum atomic E-state index is -4.24. The van der Waals surface area contributed by atoms with Gasteiger partial charge in [-0.15, -0.1) is 0 Å². The van der Waals surface area contributed by atoms with Gasteiger partial charge in [0, 0.05) is 18.4 Å². The molecular formula is C14H29N2O4P. The third-order valence-corrected chi connectivity index (χ3v) is 4.40. The quantitative estimate of drug-likeness (QED) is 0.560. The maximum atomic E-state index is 12.1. The number of hydrogen-bond acceptors (Lipinski definition) is 3. The maximum absolute atomic E-state index is 12.1. The van der Waals surface area contributed by atoms with Crippen LogP contribution in [-0.2, 0) is 9.36 Å². The molecule has 0 aliphatic heterocycles. The smallest absolute Gasteiger partial charge is 0.351 e. The fraction of sp³-hybridized carbons (Fsp3) is 0.786. The van der Waals surface area contributed by atoms with Crippen LogP contribution in [0.25, 0.3) is 0 Å². The van der Waals surface area contributed by atoms with E-state index in [0.29, 0.717) is 0 Å². The van der Waals surface area contributed by atoms with Crippen molar-refractivity contribution in [2.24, 2.45) is 11.3 Å². The van der Waals surface area contributed by atoms with Crippen LogP contribution in [0, 0.1) is 11.3 Å². The number of rotatable bonds is 6. The van der Waals surface area contributed by atoms with Crippen LogP contribution in [0.4, 0.5) is 0 Å². The van der Waals surface area contributed by atoms with Crippen molar-refractivity contribution >= 4 is 13.5 Å². The number of nitrogens with one attached hydrogen (secondary N) is 2. The minimum Gasteiger partial charge on any atom is -0.358 e. The van der Waals surface area contributed by atoms with Gasteiger partial charge in [0.15, 0.2) is 0 Å². The largest absolute Gasteiger partial charge is 0.358 e. The standard InChI is InChI=1S/C14H29N2O4P/c1-9(2)11(8-10(3)21(18,19)20)16-12(13(17)15-7)14(4,5)6/h8-9,11-12,16H,1-7H3,(H,15,17)(H2,18,19,20)/b10-8+/t11-,12-/m1/s1. The molecule has 0 aromatic heterocycles. The lowest BCUT2D eigenvalue weighted by Gasteiger charge is -2.34. The average Bonchev–Trinajstić information content (AvgIpc) is 2.29. The van der Waals surface area contributed by atoms with E-state index in [2.05, 4.69) is 10.6 Å². The van der Waals surface area contributed by atoms with Crippen molar-refractivity contribution < 1.29 is 19.1 Å². The van der Waals surface area contributed by atoms with Crippen molar-refractivity contribution in [3.8, 4) is 0 Å². The van der Waals surface area contributed by atoms with E-state index in [1.54, 1.807) is 7.05 Å². The third-order valence-electron chi connectivity index (χ3n) is 3.33. The summed E-state index contributed by atoms with van der Waals surface area (Å²) >= 11 is 0. The molecule has 0 saturated carbocycles. The van der Waals surface area contributed by atoms with Gasteiger partial charge in [-0.1, -0.05) is 40.7 Å². The molecule has 0 rings (SSSR count). The Balaban J connectivity index is 5.41. The van der Waals surface area contributed by atoms with Gasteiger partial charge >= 0.3 is 7.60 Å². The van der Waals surface area contributed by atoms with Crippen LogP contribution in [-0.4, -0.2) is 34.8 Å². The highest BCUT2D eigenvalue weighted by Gasteiger charge is 2.33. The molecule has 0 spiro atoms. The van der Waals surface area contributed by atoms with Gasteiger partial charge in [0.25, 0.3) is 0 Å². The lowest BCUT2D eigenvalue weighted by atomic mass is 9.85. The number of amides is 1. The van der Waals surface area contributed by atoms with Crippen molar-refractivity contribution in [2.45, 2.75) is 53.6 Å². The zero-order valence-electron chi connectivity index (χ0n) is 14.0. The molecule has 6 nitrogen and oxygen atoms in total. The molecule has 21 heavy (non-hydrogen) atoms. The SMILES string of the molecule is CNC(=O)[C@@H](N[C@H](/C=C(\C)P(=O)(O)O)C(C)C)C(C)(C)C. The molecule has 4 N–H and O–H groups in total. The van der Waals surface area contributed by atoms with Crippen molar-refractivity contribution in [2.75, 3.05) is 7.05 Å². The summed E-state index contributed by atoms with van der Waals surface area (Å²) in [4.78, 5) is 30.5. The van der Waals surface area contributed by atoms with E-state index < -0.39 is 13.6 Å². The normalized spacial score (nSPS) is 16.8. The zero-order valence-corrected chi connectivity index (χ0v) is 14.9. The van der Waals surface area contributed by atoms with Gasteiger partial charge in [-0.2, -0.15) is 0 Å². The highest BCUT2D eigenvalue weighted by molar-refractivity contribution is 7.56. The molecule has 2 atom stereocenters. The Morgan fingerprint density at radius 1 is 1.24 bits per heavy atom. The van der Waals surface area contributed by atoms with Gasteiger partial charge in [0.05, 0.1) is 6.04 Å². The Morgan fingerprint density at radius 2 is 1.71 bits per heavy atom. The molecule has 1 amide bonds. The average molecular weight is 320 g/mol. The van der Waals surface area contributed by atoms with Crippen molar-refractivity contribution in [3.63, 3.8) is 0 Å². The summed E-state index contributed by atoms with van der Waals surface area (Å²) in [6.45, 7) is 11.1. The van der Waals surface area contributed by atoms with E-state index in [0.717, 1.165) is 0 Å². The molecule has 0 heterocycles. The first-order valence-electron chi connectivity index (χ1n) is 7.03. The second-order valence-electron chi connectivity index (χ2n) is 6.70. The van der Waals surface area contributed by atoms with Gasteiger partial charge in [-0.3, -0.25) is 14.7 Å². The highest BCUT2D eigenvalue weighted by Crippen LogP contribution is 2.44. The van der Waals surface area contributed by atoms with E-state index in [1.165, 1.54) is 13.0 Å². The monoisotopic (exact) mass is 320 g/mol. The topological polar surface area (TPSA) is 98.7 Å². The summed E-state index contributed by atoms with van der Waals surface area (Å²) in [5.74, 6) is -0.0589. The third kappa shape index (κ3) is 6.74. The lowest BCUT2D eigenvalue weighted by Crippen LogP contribution is -2.54. The summed E-state index contributed by atoms with van der Waals surface area (Å²) in [6.07, 6.45) is 1.52. The first kappa shape index (κ1) is 20.3. The summed E-state index contributed by atoms with van der Waals surface area (Å²) in [6, 6.07) is -0.769. The van der Waals surface area contributed by atoms with E-state index in [1.807, 2.05) is 34.6 Å². The van der Waals surface area contributed by atoms with Crippen molar-refractivity contribution in [1.29, 1.82) is 0 Å². The Labute approximate surface area is 127 Å². The Hall–Kier alpha value is -0.680. The van der Waals surface area contributed by atoms with Gasteiger partial charge in [-0.25, -0.2) is 0 Å². The first-order chi connectivity index (χ1) is 9.30. The second kappa shape index (κ2) is 7.54. The van der Waals surface area contributed by atoms with E-state index >= 15 is 0 Å². The predicted molar refractivity (Wildman–Crippen MR) is 84.9 cm³/mol. The summed E-state index contributed by atoms with van der Waals surface area (Å²) in [5.41, 5.74) is -0.322. The molecule has 0 aliphatic rings. The fourth-order valence-electron chi connectivity index (χ4n) is 1.85. The number of hydrogen-bond donors (Lipinski definition) is 4. The molecule has 0 saturated heterocycles. The Morgan fingerprint density at radius 3 is 2.00 bits per heavy atom. The number of likely N-dealkylation sites (N-methyl/N-ethyl adjacent to an activating group) is 1. The lowest BCUT2D eigenvalue weighted by molar-refractivity contribution is -0.125. The summed E-state index contributed by atoms with van der Waals surface area (Å²) in [5, 5.41) is 5.85. The Bertz CT molecular complexity index is 435. The van der Waals surface area contributed by atoms with Crippen LogP contribution < -0.4 is 10.6 Å². The van der Waals surface area contributed by atoms with Gasteiger partial charge < -0.3 is 15.1 Å². The molecule has 0 aliphatic carbocycles. The molecule has 124 valence electrons. The summed E-state index contributed by atoms with van der Waals surface area (Å²) < 4.78 is 11.3. The van der Waals surface area contributed by atoms with Gasteiger partial charge in [0.1, 0.15) is 0 Å². The molecule has 0 radical (unpaired) electrons. The molecule has 0 unspecified atom stereocenters. The van der Waals surface area contributed by atoms with Crippen molar-refractivity contribution in [3.05, 3.63) is 11.4 Å². The molecule has 0 aromatic rings. The molecule has 7 heteroatoms. The fourth-order valence-corrected chi connectivity index (χ4v) is 2.20. The van der Waals surface area contributed by atoms with Crippen LogP contribution in [0.3, 0.4) is 0 Å². The summed E-state index contributed by atoms with van der Waals surface area (Å²) in [7, 11) is -2.67. The van der Waals surface area contributed by atoms with E-state index in [-0.39, 0.29) is 28.6 Å². The van der Waals surface area contributed by atoms with Crippen LogP contribution in [0.5, 0.6) is 0 Å². The number of carbonyl (C=O) groups excluding carboxylic acids is 1. The minimum absolute atomic E-state index is 0.0123. The first-order valence-corrected chi connectivity index (χ1v) is 8.64. The van der Waals surface area contributed by atoms with Crippen LogP contribution in [0.2, 0.25) is 0 Å². The maximum Gasteiger partial charge on any atom is 0.351 e. The van der Waals surface area contributed by atoms with Crippen LogP contribution >= 0.6 is 7.60 Å². The molecule has 0 bridgehead atoms. The Kier molecular flexibility index (Phi) is 7.30. The number of carbonyl (C=O) groups is 1. The highest BCUT2D eigenvalue weighted by atomic mass is 31.2. The van der Waals surface area contributed by atoms with Crippen LogP contribution in [0.1, 0.15) is 41.5 Å².